The standard InChI is InChI=1S/C22H19N3O2S/c1-2-14-7-6-8-15(13-14)24-19-17-11-12-18(26)25(16-9-4-3-5-10-16)22(17)28-20(19)21(23)27/h3-13,24H,2H2,1H3,(H2,23,27). The summed E-state index contributed by atoms with van der Waals surface area (Å²) in [7, 11) is 0. The van der Waals surface area contributed by atoms with Gasteiger partial charge < -0.3 is 11.1 Å². The molecule has 4 rings (SSSR count). The molecule has 3 N–H and O–H groups in total. The second-order valence-corrected chi connectivity index (χ2v) is 7.41. The van der Waals surface area contributed by atoms with Gasteiger partial charge in [-0.25, -0.2) is 0 Å². The smallest absolute Gasteiger partial charge is 0.261 e. The Morgan fingerprint density at radius 1 is 1.07 bits per heavy atom. The Hall–Kier alpha value is -3.38. The van der Waals surface area contributed by atoms with Gasteiger partial charge in [0.05, 0.1) is 11.4 Å². The van der Waals surface area contributed by atoms with Crippen LogP contribution in [0.25, 0.3) is 15.9 Å². The molecule has 0 spiro atoms. The molecule has 0 radical (unpaired) electrons. The number of para-hydroxylation sites is 1. The van der Waals surface area contributed by atoms with Gasteiger partial charge >= 0.3 is 0 Å². The fraction of sp³-hybridized carbons (Fsp3) is 0.0909. The Morgan fingerprint density at radius 3 is 2.57 bits per heavy atom. The van der Waals surface area contributed by atoms with Crippen molar-refractivity contribution >= 4 is 38.8 Å². The predicted octanol–water partition coefficient (Wildman–Crippen LogP) is 4.46. The third-order valence-corrected chi connectivity index (χ3v) is 5.79. The van der Waals surface area contributed by atoms with E-state index in [9.17, 15) is 9.59 Å². The third kappa shape index (κ3) is 3.18. The molecular formula is C22H19N3O2S. The van der Waals surface area contributed by atoms with E-state index in [1.54, 1.807) is 10.6 Å². The van der Waals surface area contributed by atoms with Gasteiger partial charge in [0.25, 0.3) is 11.5 Å². The highest BCUT2D eigenvalue weighted by Crippen LogP contribution is 2.37. The number of pyridine rings is 1. The van der Waals surface area contributed by atoms with Gasteiger partial charge in [-0.05, 0) is 42.3 Å². The number of anilines is 2. The molecule has 0 bridgehead atoms. The van der Waals surface area contributed by atoms with E-state index >= 15 is 0 Å². The zero-order valence-corrected chi connectivity index (χ0v) is 16.1. The highest BCUT2D eigenvalue weighted by molar-refractivity contribution is 7.21. The Kier molecular flexibility index (Phi) is 4.71. The van der Waals surface area contributed by atoms with Gasteiger partial charge in [-0.1, -0.05) is 37.3 Å². The van der Waals surface area contributed by atoms with Gasteiger partial charge in [0, 0.05) is 17.1 Å². The fourth-order valence-electron chi connectivity index (χ4n) is 3.21. The van der Waals surface area contributed by atoms with Gasteiger partial charge in [-0.15, -0.1) is 11.3 Å². The summed E-state index contributed by atoms with van der Waals surface area (Å²) in [5, 5.41) is 4.13. The number of carbonyl (C=O) groups is 1. The van der Waals surface area contributed by atoms with Crippen molar-refractivity contribution in [2.24, 2.45) is 5.73 Å². The molecule has 2 aromatic carbocycles. The first-order chi connectivity index (χ1) is 13.6. The van der Waals surface area contributed by atoms with E-state index in [0.29, 0.717) is 15.4 Å². The molecule has 6 heteroatoms. The van der Waals surface area contributed by atoms with Crippen molar-refractivity contribution in [2.75, 3.05) is 5.32 Å². The van der Waals surface area contributed by atoms with Gasteiger partial charge in [0.2, 0.25) is 0 Å². The third-order valence-electron chi connectivity index (χ3n) is 4.58. The number of hydrogen-bond donors (Lipinski definition) is 2. The first kappa shape index (κ1) is 18.0. The van der Waals surface area contributed by atoms with Gasteiger partial charge in [0.1, 0.15) is 9.71 Å². The van der Waals surface area contributed by atoms with Crippen LogP contribution in [0.15, 0.2) is 71.5 Å². The number of carbonyl (C=O) groups excluding carboxylic acids is 1. The first-order valence-electron chi connectivity index (χ1n) is 8.98. The first-order valence-corrected chi connectivity index (χ1v) is 9.80. The maximum absolute atomic E-state index is 12.6. The molecule has 1 amide bonds. The second-order valence-electron chi connectivity index (χ2n) is 6.41. The van der Waals surface area contributed by atoms with E-state index in [4.69, 9.17) is 5.73 Å². The molecule has 0 saturated heterocycles. The van der Waals surface area contributed by atoms with Crippen molar-refractivity contribution < 1.29 is 4.79 Å². The lowest BCUT2D eigenvalue weighted by Crippen LogP contribution is -2.16. The van der Waals surface area contributed by atoms with Crippen molar-refractivity contribution in [3.8, 4) is 5.69 Å². The van der Waals surface area contributed by atoms with Crippen LogP contribution in [0.3, 0.4) is 0 Å². The summed E-state index contributed by atoms with van der Waals surface area (Å²) in [6, 6.07) is 20.6. The average Bonchev–Trinajstić information content (AvgIpc) is 3.07. The number of rotatable bonds is 5. The molecule has 5 nitrogen and oxygen atoms in total. The maximum atomic E-state index is 12.6. The molecule has 0 saturated carbocycles. The van der Waals surface area contributed by atoms with Crippen LogP contribution in [0, 0.1) is 0 Å². The Morgan fingerprint density at radius 2 is 1.86 bits per heavy atom. The van der Waals surface area contributed by atoms with E-state index in [-0.39, 0.29) is 5.56 Å². The van der Waals surface area contributed by atoms with Crippen LogP contribution in [-0.4, -0.2) is 10.5 Å². The SMILES string of the molecule is CCc1cccc(Nc2c(C(N)=O)sc3c2ccc(=O)n3-c2ccccc2)c1. The monoisotopic (exact) mass is 389 g/mol. The lowest BCUT2D eigenvalue weighted by molar-refractivity contribution is 0.100. The molecule has 28 heavy (non-hydrogen) atoms. The molecule has 2 heterocycles. The zero-order chi connectivity index (χ0) is 19.7. The average molecular weight is 389 g/mol. The van der Waals surface area contributed by atoms with Crippen LogP contribution < -0.4 is 16.6 Å². The number of benzene rings is 2. The molecule has 0 fully saturated rings. The number of amides is 1. The van der Waals surface area contributed by atoms with Crippen molar-refractivity contribution in [3.63, 3.8) is 0 Å². The highest BCUT2D eigenvalue weighted by atomic mass is 32.1. The van der Waals surface area contributed by atoms with E-state index in [0.717, 1.165) is 23.2 Å². The van der Waals surface area contributed by atoms with Crippen molar-refractivity contribution in [3.05, 3.63) is 87.5 Å². The van der Waals surface area contributed by atoms with E-state index in [1.165, 1.54) is 23.0 Å². The van der Waals surface area contributed by atoms with Crippen LogP contribution in [-0.2, 0) is 6.42 Å². The number of hydrogen-bond acceptors (Lipinski definition) is 4. The van der Waals surface area contributed by atoms with Crippen LogP contribution >= 0.6 is 11.3 Å². The number of thiophene rings is 1. The number of nitrogens with two attached hydrogens (primary N) is 1. The summed E-state index contributed by atoms with van der Waals surface area (Å²) in [5.74, 6) is -0.526. The number of nitrogens with one attached hydrogen (secondary N) is 1. The van der Waals surface area contributed by atoms with Crippen LogP contribution in [0.1, 0.15) is 22.2 Å². The lowest BCUT2D eigenvalue weighted by Gasteiger charge is -2.10. The minimum atomic E-state index is -0.526. The summed E-state index contributed by atoms with van der Waals surface area (Å²) in [6.07, 6.45) is 0.913. The Balaban J connectivity index is 1.94. The minimum absolute atomic E-state index is 0.157. The summed E-state index contributed by atoms with van der Waals surface area (Å²) in [4.78, 5) is 25.8. The minimum Gasteiger partial charge on any atom is -0.365 e. The van der Waals surface area contributed by atoms with E-state index < -0.39 is 5.91 Å². The Bertz CT molecular complexity index is 1230. The largest absolute Gasteiger partial charge is 0.365 e. The summed E-state index contributed by atoms with van der Waals surface area (Å²) < 4.78 is 1.61. The second kappa shape index (κ2) is 7.32. The predicted molar refractivity (Wildman–Crippen MR) is 115 cm³/mol. The number of nitrogens with zero attached hydrogens (tertiary/aromatic N) is 1. The normalized spacial score (nSPS) is 10.9. The lowest BCUT2D eigenvalue weighted by atomic mass is 10.1. The molecule has 4 aromatic rings. The molecule has 2 aromatic heterocycles. The summed E-state index contributed by atoms with van der Waals surface area (Å²) in [6.45, 7) is 2.09. The van der Waals surface area contributed by atoms with Crippen molar-refractivity contribution in [1.82, 2.24) is 4.57 Å². The zero-order valence-electron chi connectivity index (χ0n) is 15.3. The molecule has 0 aliphatic rings. The number of aryl methyl sites for hydroxylation is 1. The van der Waals surface area contributed by atoms with Gasteiger partial charge in [0.15, 0.2) is 0 Å². The number of aromatic nitrogens is 1. The van der Waals surface area contributed by atoms with Crippen LogP contribution in [0.4, 0.5) is 11.4 Å². The van der Waals surface area contributed by atoms with Crippen LogP contribution in [0.5, 0.6) is 0 Å². The van der Waals surface area contributed by atoms with Crippen molar-refractivity contribution in [1.29, 1.82) is 0 Å². The number of fused-ring (bicyclic) bond motifs is 1. The van der Waals surface area contributed by atoms with Gasteiger partial charge in [-0.2, -0.15) is 0 Å². The molecule has 0 unspecified atom stereocenters. The molecule has 0 aliphatic carbocycles. The topological polar surface area (TPSA) is 77.1 Å². The molecule has 0 atom stereocenters. The fourth-order valence-corrected chi connectivity index (χ4v) is 4.34. The maximum Gasteiger partial charge on any atom is 0.261 e. The highest BCUT2D eigenvalue weighted by Gasteiger charge is 2.20. The van der Waals surface area contributed by atoms with E-state index in [2.05, 4.69) is 18.3 Å². The molecular weight excluding hydrogens is 370 g/mol. The summed E-state index contributed by atoms with van der Waals surface area (Å²) in [5.41, 5.74) is 8.94. The molecule has 0 aliphatic heterocycles. The molecule has 140 valence electrons. The number of primary amides is 1. The van der Waals surface area contributed by atoms with Gasteiger partial charge in [-0.3, -0.25) is 14.2 Å². The Labute approximate surface area is 166 Å². The quantitative estimate of drug-likeness (QED) is 0.529. The van der Waals surface area contributed by atoms with E-state index in [1.807, 2.05) is 48.5 Å². The summed E-state index contributed by atoms with van der Waals surface area (Å²) >= 11 is 1.22. The van der Waals surface area contributed by atoms with Crippen molar-refractivity contribution in [2.45, 2.75) is 13.3 Å². The van der Waals surface area contributed by atoms with Crippen LogP contribution in [0.2, 0.25) is 0 Å².